The first-order valence-electron chi connectivity index (χ1n) is 7.58. The van der Waals surface area contributed by atoms with Crippen molar-refractivity contribution in [2.45, 2.75) is 51.6 Å². The molecule has 112 valence electrons. The largest absolute Gasteiger partial charge is 0.331 e. The quantitative estimate of drug-likeness (QED) is 0.832. The van der Waals surface area contributed by atoms with Gasteiger partial charge in [-0.3, -0.25) is 13.9 Å². The molecule has 0 atom stereocenters. The highest BCUT2D eigenvalue weighted by molar-refractivity contribution is 9.10. The number of aryl methyl sites for hydroxylation is 1. The standard InChI is InChI=1S/C16H19BrN2O2/c1-2-18-14-9-8-11(17)10-13(14)15(20)19(16(18)21)12-6-4-3-5-7-12/h8-10,12H,2-7H2,1H3. The van der Waals surface area contributed by atoms with E-state index in [2.05, 4.69) is 15.9 Å². The average Bonchev–Trinajstić information content (AvgIpc) is 2.50. The third-order valence-electron chi connectivity index (χ3n) is 4.39. The number of hydrogen-bond acceptors (Lipinski definition) is 2. The van der Waals surface area contributed by atoms with Gasteiger partial charge in [-0.25, -0.2) is 4.79 Å². The van der Waals surface area contributed by atoms with Crippen LogP contribution in [-0.2, 0) is 6.54 Å². The molecule has 1 saturated carbocycles. The first-order chi connectivity index (χ1) is 10.1. The van der Waals surface area contributed by atoms with Crippen LogP contribution in [0.1, 0.15) is 45.1 Å². The van der Waals surface area contributed by atoms with Crippen molar-refractivity contribution in [2.75, 3.05) is 0 Å². The molecule has 0 radical (unpaired) electrons. The fourth-order valence-corrected chi connectivity index (χ4v) is 3.69. The van der Waals surface area contributed by atoms with Gasteiger partial charge in [-0.2, -0.15) is 0 Å². The van der Waals surface area contributed by atoms with Crippen LogP contribution < -0.4 is 11.2 Å². The highest BCUT2D eigenvalue weighted by atomic mass is 79.9. The Bertz CT molecular complexity index is 785. The van der Waals surface area contributed by atoms with Crippen LogP contribution >= 0.6 is 15.9 Å². The van der Waals surface area contributed by atoms with Crippen LogP contribution in [0, 0.1) is 0 Å². The minimum Gasteiger partial charge on any atom is -0.293 e. The van der Waals surface area contributed by atoms with Gasteiger partial charge in [0.15, 0.2) is 0 Å². The molecule has 1 aromatic carbocycles. The molecule has 0 bridgehead atoms. The number of nitrogens with zero attached hydrogens (tertiary/aromatic N) is 2. The van der Waals surface area contributed by atoms with Gasteiger partial charge >= 0.3 is 5.69 Å². The third-order valence-corrected chi connectivity index (χ3v) is 4.88. The zero-order valence-corrected chi connectivity index (χ0v) is 13.7. The summed E-state index contributed by atoms with van der Waals surface area (Å²) in [6.45, 7) is 2.52. The van der Waals surface area contributed by atoms with Gasteiger partial charge in [0.2, 0.25) is 0 Å². The van der Waals surface area contributed by atoms with Crippen molar-refractivity contribution in [3.8, 4) is 0 Å². The fraction of sp³-hybridized carbons (Fsp3) is 0.500. The number of aromatic nitrogens is 2. The summed E-state index contributed by atoms with van der Waals surface area (Å²) in [5.74, 6) is 0. The number of fused-ring (bicyclic) bond motifs is 1. The molecule has 5 heteroatoms. The molecule has 21 heavy (non-hydrogen) atoms. The van der Waals surface area contributed by atoms with Crippen molar-refractivity contribution in [1.29, 1.82) is 0 Å². The molecule has 4 nitrogen and oxygen atoms in total. The summed E-state index contributed by atoms with van der Waals surface area (Å²) in [4.78, 5) is 25.5. The SMILES string of the molecule is CCn1c(=O)n(C2CCCCC2)c(=O)c2cc(Br)ccc21. The molecule has 1 aromatic heterocycles. The summed E-state index contributed by atoms with van der Waals surface area (Å²) in [5, 5.41) is 0.622. The third kappa shape index (κ3) is 2.48. The summed E-state index contributed by atoms with van der Waals surface area (Å²) in [7, 11) is 0. The molecule has 3 rings (SSSR count). The Labute approximate surface area is 131 Å². The van der Waals surface area contributed by atoms with E-state index in [0.717, 1.165) is 35.7 Å². The van der Waals surface area contributed by atoms with Crippen molar-refractivity contribution in [1.82, 2.24) is 9.13 Å². The molecule has 1 fully saturated rings. The van der Waals surface area contributed by atoms with Gasteiger partial charge < -0.3 is 0 Å². The van der Waals surface area contributed by atoms with E-state index in [9.17, 15) is 9.59 Å². The van der Waals surface area contributed by atoms with Gasteiger partial charge in [0.05, 0.1) is 10.9 Å². The second kappa shape index (κ2) is 5.79. The molecule has 0 aliphatic heterocycles. The summed E-state index contributed by atoms with van der Waals surface area (Å²) >= 11 is 3.42. The Morgan fingerprint density at radius 3 is 2.57 bits per heavy atom. The van der Waals surface area contributed by atoms with E-state index >= 15 is 0 Å². The first-order valence-corrected chi connectivity index (χ1v) is 8.37. The molecule has 0 amide bonds. The minimum absolute atomic E-state index is 0.0555. The fourth-order valence-electron chi connectivity index (χ4n) is 3.33. The van der Waals surface area contributed by atoms with E-state index in [1.54, 1.807) is 4.57 Å². The van der Waals surface area contributed by atoms with Gasteiger partial charge in [-0.05, 0) is 38.0 Å². The Balaban J connectivity index is 2.33. The maximum atomic E-state index is 12.8. The van der Waals surface area contributed by atoms with Crippen LogP contribution in [0.5, 0.6) is 0 Å². The molecule has 0 N–H and O–H groups in total. The van der Waals surface area contributed by atoms with Crippen LogP contribution in [0.3, 0.4) is 0 Å². The van der Waals surface area contributed by atoms with Crippen LogP contribution in [-0.4, -0.2) is 9.13 Å². The highest BCUT2D eigenvalue weighted by Gasteiger charge is 2.21. The second-order valence-electron chi connectivity index (χ2n) is 5.66. The lowest BCUT2D eigenvalue weighted by Gasteiger charge is -2.24. The minimum atomic E-state index is -0.163. The number of halogens is 1. The van der Waals surface area contributed by atoms with Crippen molar-refractivity contribution >= 4 is 26.8 Å². The Morgan fingerprint density at radius 2 is 1.90 bits per heavy atom. The van der Waals surface area contributed by atoms with Gasteiger partial charge in [0, 0.05) is 17.1 Å². The van der Waals surface area contributed by atoms with Crippen LogP contribution in [0.25, 0.3) is 10.9 Å². The van der Waals surface area contributed by atoms with Gasteiger partial charge in [0.25, 0.3) is 5.56 Å². The van der Waals surface area contributed by atoms with E-state index in [1.165, 1.54) is 11.0 Å². The van der Waals surface area contributed by atoms with Crippen molar-refractivity contribution < 1.29 is 0 Å². The second-order valence-corrected chi connectivity index (χ2v) is 6.57. The van der Waals surface area contributed by atoms with Crippen LogP contribution in [0.15, 0.2) is 32.3 Å². The lowest BCUT2D eigenvalue weighted by Crippen LogP contribution is -2.42. The number of rotatable bonds is 2. The predicted molar refractivity (Wildman–Crippen MR) is 88.0 cm³/mol. The summed E-state index contributed by atoms with van der Waals surface area (Å²) in [6.07, 6.45) is 5.25. The molecule has 1 heterocycles. The number of benzene rings is 1. The molecule has 0 spiro atoms. The Hall–Kier alpha value is -1.36. The molecular formula is C16H19BrN2O2. The zero-order valence-electron chi connectivity index (χ0n) is 12.1. The van der Waals surface area contributed by atoms with Gasteiger partial charge in [-0.15, -0.1) is 0 Å². The lowest BCUT2D eigenvalue weighted by molar-refractivity contribution is 0.332. The van der Waals surface area contributed by atoms with Crippen LogP contribution in [0.2, 0.25) is 0 Å². The molecule has 0 unspecified atom stereocenters. The maximum Gasteiger partial charge on any atom is 0.331 e. The van der Waals surface area contributed by atoms with Crippen molar-refractivity contribution in [3.63, 3.8) is 0 Å². The lowest BCUT2D eigenvalue weighted by atomic mass is 9.95. The molecular weight excluding hydrogens is 332 g/mol. The first kappa shape index (κ1) is 14.6. The predicted octanol–water partition coefficient (Wildman–Crippen LogP) is 3.45. The molecule has 0 saturated heterocycles. The summed E-state index contributed by atoms with van der Waals surface area (Å²) in [5.41, 5.74) is 0.417. The van der Waals surface area contributed by atoms with Gasteiger partial charge in [0.1, 0.15) is 0 Å². The average molecular weight is 351 g/mol. The Kier molecular flexibility index (Phi) is 4.02. The topological polar surface area (TPSA) is 44.0 Å². The van der Waals surface area contributed by atoms with E-state index in [4.69, 9.17) is 0 Å². The summed E-state index contributed by atoms with van der Waals surface area (Å²) in [6, 6.07) is 5.60. The van der Waals surface area contributed by atoms with E-state index in [-0.39, 0.29) is 17.3 Å². The van der Waals surface area contributed by atoms with E-state index in [0.29, 0.717) is 11.9 Å². The van der Waals surface area contributed by atoms with Crippen molar-refractivity contribution in [2.24, 2.45) is 0 Å². The molecule has 1 aliphatic carbocycles. The Morgan fingerprint density at radius 1 is 1.19 bits per heavy atom. The number of hydrogen-bond donors (Lipinski definition) is 0. The van der Waals surface area contributed by atoms with Crippen LogP contribution in [0.4, 0.5) is 0 Å². The maximum absolute atomic E-state index is 12.8. The molecule has 2 aromatic rings. The molecule has 1 aliphatic rings. The summed E-state index contributed by atoms with van der Waals surface area (Å²) < 4.78 is 4.07. The zero-order chi connectivity index (χ0) is 15.0. The van der Waals surface area contributed by atoms with Crippen molar-refractivity contribution in [3.05, 3.63) is 43.5 Å². The smallest absolute Gasteiger partial charge is 0.293 e. The van der Waals surface area contributed by atoms with E-state index < -0.39 is 0 Å². The monoisotopic (exact) mass is 350 g/mol. The normalized spacial score (nSPS) is 16.5. The van der Waals surface area contributed by atoms with E-state index in [1.807, 2.05) is 25.1 Å². The highest BCUT2D eigenvalue weighted by Crippen LogP contribution is 2.26. The van der Waals surface area contributed by atoms with Gasteiger partial charge in [-0.1, -0.05) is 35.2 Å².